The lowest BCUT2D eigenvalue weighted by Gasteiger charge is -2.04. The van der Waals surface area contributed by atoms with Gasteiger partial charge in [-0.05, 0) is 36.4 Å². The lowest BCUT2D eigenvalue weighted by molar-refractivity contribution is 0.481. The molecule has 0 spiro atoms. The Kier molecular flexibility index (Phi) is 2.60. The van der Waals surface area contributed by atoms with Gasteiger partial charge in [0.1, 0.15) is 17.3 Å². The summed E-state index contributed by atoms with van der Waals surface area (Å²) in [4.78, 5) is 4.16. The third-order valence-electron chi connectivity index (χ3n) is 2.43. The van der Waals surface area contributed by atoms with Crippen molar-refractivity contribution in [1.82, 2.24) is 4.98 Å². The van der Waals surface area contributed by atoms with Gasteiger partial charge >= 0.3 is 0 Å². The molecular formula is C13H9FN2OS. The number of benzene rings is 2. The van der Waals surface area contributed by atoms with E-state index in [-0.39, 0.29) is 5.82 Å². The summed E-state index contributed by atoms with van der Waals surface area (Å²) in [6.45, 7) is 0. The largest absolute Gasteiger partial charge is 0.457 e. The van der Waals surface area contributed by atoms with Crippen molar-refractivity contribution >= 4 is 26.7 Å². The van der Waals surface area contributed by atoms with E-state index in [1.807, 2.05) is 18.2 Å². The van der Waals surface area contributed by atoms with Crippen LogP contribution in [-0.4, -0.2) is 4.98 Å². The molecule has 5 heteroatoms. The maximum absolute atomic E-state index is 12.8. The van der Waals surface area contributed by atoms with Gasteiger partial charge < -0.3 is 10.5 Å². The number of thiazole rings is 1. The van der Waals surface area contributed by atoms with Crippen LogP contribution >= 0.6 is 11.3 Å². The van der Waals surface area contributed by atoms with Crippen molar-refractivity contribution in [2.24, 2.45) is 0 Å². The monoisotopic (exact) mass is 260 g/mol. The molecule has 3 aromatic rings. The highest BCUT2D eigenvalue weighted by atomic mass is 32.1. The van der Waals surface area contributed by atoms with Crippen molar-refractivity contribution in [1.29, 1.82) is 0 Å². The molecule has 2 N–H and O–H groups in total. The summed E-state index contributed by atoms with van der Waals surface area (Å²) in [5.41, 5.74) is 6.49. The van der Waals surface area contributed by atoms with E-state index in [4.69, 9.17) is 10.5 Å². The van der Waals surface area contributed by atoms with Crippen LogP contribution in [0.15, 0.2) is 42.5 Å². The molecule has 0 radical (unpaired) electrons. The second kappa shape index (κ2) is 4.27. The van der Waals surface area contributed by atoms with Crippen LogP contribution in [0, 0.1) is 5.82 Å². The van der Waals surface area contributed by atoms with Gasteiger partial charge in [0.2, 0.25) is 0 Å². The van der Waals surface area contributed by atoms with Gasteiger partial charge in [-0.25, -0.2) is 9.37 Å². The maximum atomic E-state index is 12.8. The van der Waals surface area contributed by atoms with Crippen LogP contribution in [-0.2, 0) is 0 Å². The lowest BCUT2D eigenvalue weighted by Crippen LogP contribution is -1.84. The topological polar surface area (TPSA) is 48.1 Å². The number of hydrogen-bond acceptors (Lipinski definition) is 4. The first-order chi connectivity index (χ1) is 8.70. The first kappa shape index (κ1) is 11.0. The fraction of sp³-hybridized carbons (Fsp3) is 0. The molecule has 0 aliphatic heterocycles. The number of fused-ring (bicyclic) bond motifs is 1. The van der Waals surface area contributed by atoms with Gasteiger partial charge in [-0.15, -0.1) is 0 Å². The van der Waals surface area contributed by atoms with E-state index in [2.05, 4.69) is 4.98 Å². The number of aromatic nitrogens is 1. The summed E-state index contributed by atoms with van der Waals surface area (Å²) in [5.74, 6) is 0.985. The van der Waals surface area contributed by atoms with Gasteiger partial charge in [0.25, 0.3) is 0 Å². The summed E-state index contributed by atoms with van der Waals surface area (Å²) in [6, 6.07) is 11.4. The molecule has 3 nitrogen and oxygen atoms in total. The highest BCUT2D eigenvalue weighted by Crippen LogP contribution is 2.29. The highest BCUT2D eigenvalue weighted by Gasteiger charge is 2.03. The summed E-state index contributed by atoms with van der Waals surface area (Å²) < 4.78 is 19.3. The van der Waals surface area contributed by atoms with Gasteiger partial charge in [0, 0.05) is 6.07 Å². The van der Waals surface area contributed by atoms with Crippen LogP contribution in [0.25, 0.3) is 10.2 Å². The van der Waals surface area contributed by atoms with Gasteiger partial charge in [0.15, 0.2) is 5.13 Å². The molecule has 1 aromatic heterocycles. The standard InChI is InChI=1S/C13H9FN2OS/c14-8-1-3-9(4-2-8)17-10-5-6-11-12(7-10)18-13(15)16-11/h1-7H,(H2,15,16). The molecule has 0 saturated carbocycles. The molecule has 3 rings (SSSR count). The number of rotatable bonds is 2. The summed E-state index contributed by atoms with van der Waals surface area (Å²) >= 11 is 1.41. The van der Waals surface area contributed by atoms with Gasteiger partial charge in [-0.3, -0.25) is 0 Å². The molecule has 0 unspecified atom stereocenters. The minimum atomic E-state index is -0.284. The zero-order chi connectivity index (χ0) is 12.5. The normalized spacial score (nSPS) is 10.7. The third-order valence-corrected chi connectivity index (χ3v) is 3.27. The smallest absolute Gasteiger partial charge is 0.181 e. The Morgan fingerprint density at radius 2 is 1.78 bits per heavy atom. The summed E-state index contributed by atoms with van der Waals surface area (Å²) in [6.07, 6.45) is 0. The van der Waals surface area contributed by atoms with E-state index in [0.29, 0.717) is 16.6 Å². The van der Waals surface area contributed by atoms with Crippen molar-refractivity contribution in [3.8, 4) is 11.5 Å². The second-order valence-electron chi connectivity index (χ2n) is 3.74. The Labute approximate surface area is 107 Å². The molecule has 1 heterocycles. The molecular weight excluding hydrogens is 251 g/mol. The molecule has 0 amide bonds. The number of halogens is 1. The SMILES string of the molecule is Nc1nc2ccc(Oc3ccc(F)cc3)cc2s1. The minimum absolute atomic E-state index is 0.284. The van der Waals surface area contributed by atoms with Crippen molar-refractivity contribution < 1.29 is 9.13 Å². The summed E-state index contributed by atoms with van der Waals surface area (Å²) in [5, 5.41) is 0.531. The van der Waals surface area contributed by atoms with Crippen LogP contribution in [0.4, 0.5) is 9.52 Å². The average molecular weight is 260 g/mol. The maximum Gasteiger partial charge on any atom is 0.181 e. The van der Waals surface area contributed by atoms with Crippen LogP contribution in [0.2, 0.25) is 0 Å². The van der Waals surface area contributed by atoms with Gasteiger partial charge in [-0.2, -0.15) is 0 Å². The molecule has 0 aliphatic rings. The first-order valence-electron chi connectivity index (χ1n) is 5.30. The zero-order valence-corrected chi connectivity index (χ0v) is 10.1. The second-order valence-corrected chi connectivity index (χ2v) is 4.80. The van der Waals surface area contributed by atoms with Crippen LogP contribution in [0.3, 0.4) is 0 Å². The quantitative estimate of drug-likeness (QED) is 0.762. The number of anilines is 1. The van der Waals surface area contributed by atoms with Gasteiger partial charge in [0.05, 0.1) is 10.2 Å². The number of ether oxygens (including phenoxy) is 1. The van der Waals surface area contributed by atoms with Gasteiger partial charge in [-0.1, -0.05) is 11.3 Å². The Morgan fingerprint density at radius 3 is 2.56 bits per heavy atom. The Hall–Kier alpha value is -2.14. The van der Waals surface area contributed by atoms with Crippen molar-refractivity contribution in [2.75, 3.05) is 5.73 Å². The molecule has 90 valence electrons. The lowest BCUT2D eigenvalue weighted by atomic mass is 10.3. The van der Waals surface area contributed by atoms with E-state index in [0.717, 1.165) is 10.2 Å². The molecule has 0 aliphatic carbocycles. The molecule has 0 atom stereocenters. The Morgan fingerprint density at radius 1 is 1.06 bits per heavy atom. The molecule has 0 saturated heterocycles. The van der Waals surface area contributed by atoms with Crippen LogP contribution < -0.4 is 10.5 Å². The Bertz CT molecular complexity index is 694. The van der Waals surface area contributed by atoms with Crippen LogP contribution in [0.5, 0.6) is 11.5 Å². The number of nitrogen functional groups attached to an aromatic ring is 1. The highest BCUT2D eigenvalue weighted by molar-refractivity contribution is 7.22. The van der Waals surface area contributed by atoms with Crippen molar-refractivity contribution in [3.05, 3.63) is 48.3 Å². The molecule has 2 aromatic carbocycles. The number of hydrogen-bond donors (Lipinski definition) is 1. The fourth-order valence-corrected chi connectivity index (χ4v) is 2.39. The summed E-state index contributed by atoms with van der Waals surface area (Å²) in [7, 11) is 0. The van der Waals surface area contributed by atoms with E-state index in [1.54, 1.807) is 12.1 Å². The van der Waals surface area contributed by atoms with E-state index < -0.39 is 0 Å². The van der Waals surface area contributed by atoms with Crippen LogP contribution in [0.1, 0.15) is 0 Å². The Balaban J connectivity index is 1.92. The predicted molar refractivity (Wildman–Crippen MR) is 70.5 cm³/mol. The number of nitrogens with two attached hydrogens (primary N) is 1. The number of nitrogens with zero attached hydrogens (tertiary/aromatic N) is 1. The van der Waals surface area contributed by atoms with E-state index in [1.165, 1.54) is 23.5 Å². The third kappa shape index (κ3) is 2.12. The molecule has 18 heavy (non-hydrogen) atoms. The van der Waals surface area contributed by atoms with E-state index >= 15 is 0 Å². The first-order valence-corrected chi connectivity index (χ1v) is 6.12. The molecule has 0 bridgehead atoms. The van der Waals surface area contributed by atoms with Crippen molar-refractivity contribution in [2.45, 2.75) is 0 Å². The van der Waals surface area contributed by atoms with E-state index in [9.17, 15) is 4.39 Å². The molecule has 0 fully saturated rings. The predicted octanol–water partition coefficient (Wildman–Crippen LogP) is 3.81. The fourth-order valence-electron chi connectivity index (χ4n) is 1.62. The zero-order valence-electron chi connectivity index (χ0n) is 9.26. The average Bonchev–Trinajstić information content (AvgIpc) is 2.71. The van der Waals surface area contributed by atoms with Crippen molar-refractivity contribution in [3.63, 3.8) is 0 Å². The minimum Gasteiger partial charge on any atom is -0.457 e.